The van der Waals surface area contributed by atoms with Crippen LogP contribution in [0.2, 0.25) is 5.02 Å². The molecule has 1 heterocycles. The number of anilines is 1. The van der Waals surface area contributed by atoms with Crippen molar-refractivity contribution in [2.75, 3.05) is 11.1 Å². The standard InChI is InChI=1S/C16H19ClN4OS/c1-4-9-21-15(11(2)3)19-20-16(21)23-10-14(22)18-13-8-6-5-7-12(13)17/h4-8,11H,1,9-10H2,2-3H3,(H,18,22). The third-order valence-electron chi connectivity index (χ3n) is 3.05. The Kier molecular flexibility index (Phi) is 6.24. The Bertz CT molecular complexity index is 699. The number of allylic oxidation sites excluding steroid dienone is 1. The lowest BCUT2D eigenvalue weighted by atomic mass is 10.2. The molecular weight excluding hydrogens is 332 g/mol. The van der Waals surface area contributed by atoms with Gasteiger partial charge in [0.1, 0.15) is 5.82 Å². The van der Waals surface area contributed by atoms with Crippen molar-refractivity contribution in [3.8, 4) is 0 Å². The molecule has 0 bridgehead atoms. The smallest absolute Gasteiger partial charge is 0.234 e. The average molecular weight is 351 g/mol. The SMILES string of the molecule is C=CCn1c(SCC(=O)Nc2ccccc2Cl)nnc1C(C)C. The summed E-state index contributed by atoms with van der Waals surface area (Å²) in [5.41, 5.74) is 0.607. The third-order valence-corrected chi connectivity index (χ3v) is 4.35. The largest absolute Gasteiger partial charge is 0.324 e. The first-order valence-electron chi connectivity index (χ1n) is 7.24. The highest BCUT2D eigenvalue weighted by atomic mass is 35.5. The van der Waals surface area contributed by atoms with E-state index >= 15 is 0 Å². The molecule has 0 atom stereocenters. The summed E-state index contributed by atoms with van der Waals surface area (Å²) in [6.07, 6.45) is 1.79. The average Bonchev–Trinajstić information content (AvgIpc) is 2.91. The summed E-state index contributed by atoms with van der Waals surface area (Å²) in [4.78, 5) is 12.1. The van der Waals surface area contributed by atoms with Gasteiger partial charge in [0.05, 0.1) is 16.5 Å². The molecule has 1 amide bonds. The lowest BCUT2D eigenvalue weighted by molar-refractivity contribution is -0.113. The van der Waals surface area contributed by atoms with Crippen LogP contribution in [0.25, 0.3) is 0 Å². The van der Waals surface area contributed by atoms with Gasteiger partial charge in [-0.05, 0) is 12.1 Å². The molecule has 122 valence electrons. The van der Waals surface area contributed by atoms with Crippen molar-refractivity contribution in [1.82, 2.24) is 14.8 Å². The van der Waals surface area contributed by atoms with Gasteiger partial charge in [0.2, 0.25) is 5.91 Å². The summed E-state index contributed by atoms with van der Waals surface area (Å²) >= 11 is 7.38. The number of amides is 1. The van der Waals surface area contributed by atoms with Crippen molar-refractivity contribution in [1.29, 1.82) is 0 Å². The molecule has 0 radical (unpaired) electrons. The van der Waals surface area contributed by atoms with E-state index in [4.69, 9.17) is 11.6 Å². The molecule has 0 saturated heterocycles. The Labute approximate surface area is 145 Å². The Balaban J connectivity index is 2.02. The van der Waals surface area contributed by atoms with Gasteiger partial charge in [0.15, 0.2) is 5.16 Å². The molecule has 2 aromatic rings. The molecule has 1 aromatic carbocycles. The van der Waals surface area contributed by atoms with Crippen molar-refractivity contribution < 1.29 is 4.79 Å². The van der Waals surface area contributed by atoms with Crippen molar-refractivity contribution in [3.63, 3.8) is 0 Å². The van der Waals surface area contributed by atoms with Crippen LogP contribution in [0.15, 0.2) is 42.1 Å². The maximum atomic E-state index is 12.1. The number of nitrogens with one attached hydrogen (secondary N) is 1. The van der Waals surface area contributed by atoms with Crippen LogP contribution in [-0.4, -0.2) is 26.4 Å². The van der Waals surface area contributed by atoms with E-state index < -0.39 is 0 Å². The first-order valence-corrected chi connectivity index (χ1v) is 8.60. The summed E-state index contributed by atoms with van der Waals surface area (Å²) in [5.74, 6) is 1.24. The van der Waals surface area contributed by atoms with Gasteiger partial charge in [-0.25, -0.2) is 0 Å². The Hall–Kier alpha value is -1.79. The summed E-state index contributed by atoms with van der Waals surface area (Å²) in [7, 11) is 0. The molecule has 23 heavy (non-hydrogen) atoms. The number of halogens is 1. The van der Waals surface area contributed by atoms with Crippen LogP contribution in [0.5, 0.6) is 0 Å². The number of thioether (sulfide) groups is 1. The Morgan fingerprint density at radius 1 is 1.43 bits per heavy atom. The highest BCUT2D eigenvalue weighted by Gasteiger charge is 2.15. The maximum absolute atomic E-state index is 12.1. The first kappa shape index (κ1) is 17.6. The number of rotatable bonds is 7. The highest BCUT2D eigenvalue weighted by Crippen LogP contribution is 2.23. The quantitative estimate of drug-likeness (QED) is 0.606. The fraction of sp³-hybridized carbons (Fsp3) is 0.312. The fourth-order valence-electron chi connectivity index (χ4n) is 2.01. The third kappa shape index (κ3) is 4.59. The number of carbonyl (C=O) groups excluding carboxylic acids is 1. The molecule has 0 aliphatic rings. The first-order chi connectivity index (χ1) is 11.0. The molecule has 1 N–H and O–H groups in total. The summed E-state index contributed by atoms with van der Waals surface area (Å²) in [5, 5.41) is 12.4. The molecular formula is C16H19ClN4OS. The second kappa shape index (κ2) is 8.17. The molecule has 0 fully saturated rings. The molecule has 0 spiro atoms. The minimum absolute atomic E-state index is 0.137. The summed E-state index contributed by atoms with van der Waals surface area (Å²) in [6.45, 7) is 8.49. The zero-order valence-electron chi connectivity index (χ0n) is 13.1. The van der Waals surface area contributed by atoms with Gasteiger partial charge in [-0.2, -0.15) is 0 Å². The lowest BCUT2D eigenvalue weighted by Gasteiger charge is -2.10. The van der Waals surface area contributed by atoms with Crippen LogP contribution in [-0.2, 0) is 11.3 Å². The van der Waals surface area contributed by atoms with Gasteiger partial charge >= 0.3 is 0 Å². The number of carbonyl (C=O) groups is 1. The van der Waals surface area contributed by atoms with Crippen molar-refractivity contribution in [2.45, 2.75) is 31.5 Å². The van der Waals surface area contributed by atoms with Crippen molar-refractivity contribution in [3.05, 3.63) is 47.8 Å². The van der Waals surface area contributed by atoms with Crippen LogP contribution in [0.4, 0.5) is 5.69 Å². The molecule has 0 aliphatic carbocycles. The predicted octanol–water partition coefficient (Wildman–Crippen LogP) is 3.97. The van der Waals surface area contributed by atoms with E-state index in [1.54, 1.807) is 18.2 Å². The van der Waals surface area contributed by atoms with E-state index in [0.717, 1.165) is 5.82 Å². The second-order valence-electron chi connectivity index (χ2n) is 5.21. The van der Waals surface area contributed by atoms with Crippen LogP contribution in [0, 0.1) is 0 Å². The summed E-state index contributed by atoms with van der Waals surface area (Å²) < 4.78 is 1.98. The van der Waals surface area contributed by atoms with Gasteiger partial charge in [0, 0.05) is 12.5 Å². The molecule has 0 unspecified atom stereocenters. The van der Waals surface area contributed by atoms with E-state index in [0.29, 0.717) is 22.4 Å². The monoisotopic (exact) mass is 350 g/mol. The lowest BCUT2D eigenvalue weighted by Crippen LogP contribution is -2.15. The Morgan fingerprint density at radius 2 is 2.17 bits per heavy atom. The number of aromatic nitrogens is 3. The highest BCUT2D eigenvalue weighted by molar-refractivity contribution is 7.99. The zero-order chi connectivity index (χ0) is 16.8. The molecule has 2 rings (SSSR count). The van der Waals surface area contributed by atoms with Crippen LogP contribution >= 0.6 is 23.4 Å². The molecule has 1 aromatic heterocycles. The van der Waals surface area contributed by atoms with Gasteiger partial charge in [-0.3, -0.25) is 4.79 Å². The van der Waals surface area contributed by atoms with Gasteiger partial charge in [0.25, 0.3) is 0 Å². The van der Waals surface area contributed by atoms with E-state index in [9.17, 15) is 4.79 Å². The van der Waals surface area contributed by atoms with Gasteiger partial charge in [-0.15, -0.1) is 16.8 Å². The van der Waals surface area contributed by atoms with E-state index in [1.807, 2.05) is 16.7 Å². The summed E-state index contributed by atoms with van der Waals surface area (Å²) in [6, 6.07) is 7.14. The Morgan fingerprint density at radius 3 is 2.83 bits per heavy atom. The maximum Gasteiger partial charge on any atom is 0.234 e. The number of hydrogen-bond donors (Lipinski definition) is 1. The number of nitrogens with zero attached hydrogens (tertiary/aromatic N) is 3. The van der Waals surface area contributed by atoms with Crippen LogP contribution in [0.1, 0.15) is 25.6 Å². The van der Waals surface area contributed by atoms with Crippen molar-refractivity contribution in [2.24, 2.45) is 0 Å². The van der Waals surface area contributed by atoms with E-state index in [-0.39, 0.29) is 17.6 Å². The topological polar surface area (TPSA) is 59.8 Å². The molecule has 7 heteroatoms. The molecule has 5 nitrogen and oxygen atoms in total. The number of para-hydroxylation sites is 1. The number of hydrogen-bond acceptors (Lipinski definition) is 4. The van der Waals surface area contributed by atoms with Gasteiger partial charge in [-0.1, -0.05) is 55.4 Å². The van der Waals surface area contributed by atoms with E-state index in [2.05, 4.69) is 35.9 Å². The predicted molar refractivity (Wildman–Crippen MR) is 95.1 cm³/mol. The molecule has 0 saturated carbocycles. The van der Waals surface area contributed by atoms with Crippen LogP contribution in [0.3, 0.4) is 0 Å². The minimum atomic E-state index is -0.137. The van der Waals surface area contributed by atoms with Crippen molar-refractivity contribution >= 4 is 35.0 Å². The van der Waals surface area contributed by atoms with Gasteiger partial charge < -0.3 is 9.88 Å². The zero-order valence-corrected chi connectivity index (χ0v) is 14.7. The van der Waals surface area contributed by atoms with Crippen LogP contribution < -0.4 is 5.32 Å². The van der Waals surface area contributed by atoms with E-state index in [1.165, 1.54) is 11.8 Å². The molecule has 0 aliphatic heterocycles. The second-order valence-corrected chi connectivity index (χ2v) is 6.56. The fourth-order valence-corrected chi connectivity index (χ4v) is 2.95. The normalized spacial score (nSPS) is 10.8. The number of benzene rings is 1. The minimum Gasteiger partial charge on any atom is -0.324 e.